The highest BCUT2D eigenvalue weighted by atomic mass is 16.6. The van der Waals surface area contributed by atoms with Crippen molar-refractivity contribution in [1.29, 1.82) is 0 Å². The fourth-order valence-corrected chi connectivity index (χ4v) is 2.53. The van der Waals surface area contributed by atoms with Gasteiger partial charge in [0, 0.05) is 17.0 Å². The van der Waals surface area contributed by atoms with E-state index >= 15 is 0 Å². The molecule has 0 aliphatic rings. The first-order valence-electron chi connectivity index (χ1n) is 7.36. The monoisotopic (exact) mass is 338 g/mol. The molecule has 1 aromatic heterocycles. The van der Waals surface area contributed by atoms with E-state index < -0.39 is 10.8 Å². The topological polar surface area (TPSA) is 121 Å². The Kier molecular flexibility index (Phi) is 4.17. The summed E-state index contributed by atoms with van der Waals surface area (Å²) in [7, 11) is 0. The lowest BCUT2D eigenvalue weighted by Gasteiger charge is -1.99. The minimum Gasteiger partial charge on any atom is -0.507 e. The van der Waals surface area contributed by atoms with Gasteiger partial charge in [0.1, 0.15) is 17.0 Å². The minimum atomic E-state index is -0.533. The number of H-pyrrole nitrogens is 1. The van der Waals surface area contributed by atoms with E-state index in [4.69, 9.17) is 0 Å². The molecule has 0 atom stereocenters. The number of hydrogen-bond acceptors (Lipinski definition) is 5. The van der Waals surface area contributed by atoms with Crippen LogP contribution in [0.3, 0.4) is 0 Å². The van der Waals surface area contributed by atoms with Gasteiger partial charge >= 0.3 is 0 Å². The maximum absolute atomic E-state index is 12.3. The summed E-state index contributed by atoms with van der Waals surface area (Å²) in [5, 5.41) is 25.2. The molecular weight excluding hydrogens is 324 g/mol. The molecule has 8 heteroatoms. The number of hydrogen-bond donors (Lipinski definition) is 3. The summed E-state index contributed by atoms with van der Waals surface area (Å²) in [6.45, 7) is 1.70. The molecule has 0 aliphatic heterocycles. The van der Waals surface area contributed by atoms with Crippen LogP contribution in [0.25, 0.3) is 10.9 Å². The molecule has 0 fully saturated rings. The molecule has 1 amide bonds. The Bertz CT molecular complexity index is 1010. The fraction of sp³-hybridized carbons (Fsp3) is 0.0588. The Morgan fingerprint density at radius 3 is 2.76 bits per heavy atom. The predicted molar refractivity (Wildman–Crippen MR) is 92.9 cm³/mol. The van der Waals surface area contributed by atoms with Crippen molar-refractivity contribution in [1.82, 2.24) is 10.4 Å². The van der Waals surface area contributed by atoms with Gasteiger partial charge in [0.25, 0.3) is 11.6 Å². The Hall–Kier alpha value is -3.68. The third-order valence-electron chi connectivity index (χ3n) is 3.80. The number of carbonyl (C=O) groups is 1. The molecule has 3 aromatic rings. The molecule has 0 saturated heterocycles. The fourth-order valence-electron chi connectivity index (χ4n) is 2.53. The number of nitro groups is 1. The van der Waals surface area contributed by atoms with Crippen molar-refractivity contribution >= 4 is 28.7 Å². The van der Waals surface area contributed by atoms with Crippen LogP contribution in [0, 0.1) is 17.0 Å². The standard InChI is InChI=1S/C17H14N4O4/c1-10-12-6-4-7-13(21(24)25)16(12)19-15(10)17(23)20-18-9-11-5-2-3-8-14(11)22/h2-9,19,22H,1H3,(H,20,23)/b18-9+. The van der Waals surface area contributed by atoms with Crippen molar-refractivity contribution in [2.75, 3.05) is 0 Å². The molecule has 0 aliphatic carbocycles. The number of aromatic amines is 1. The Labute approximate surface area is 141 Å². The number of phenols is 1. The van der Waals surface area contributed by atoms with E-state index in [1.54, 1.807) is 37.3 Å². The van der Waals surface area contributed by atoms with E-state index in [0.717, 1.165) is 0 Å². The van der Waals surface area contributed by atoms with Crippen molar-refractivity contribution in [2.45, 2.75) is 6.92 Å². The van der Waals surface area contributed by atoms with Gasteiger partial charge in [0.05, 0.1) is 11.1 Å². The van der Waals surface area contributed by atoms with Gasteiger partial charge in [-0.15, -0.1) is 0 Å². The molecule has 0 bridgehead atoms. The first kappa shape index (κ1) is 16.2. The molecule has 3 rings (SSSR count). The van der Waals surface area contributed by atoms with Gasteiger partial charge in [-0.3, -0.25) is 14.9 Å². The van der Waals surface area contributed by atoms with Crippen LogP contribution in [-0.4, -0.2) is 27.1 Å². The number of nitro benzene ring substituents is 1. The lowest BCUT2D eigenvalue weighted by molar-refractivity contribution is -0.383. The molecule has 8 nitrogen and oxygen atoms in total. The summed E-state index contributed by atoms with van der Waals surface area (Å²) in [5.74, 6) is -0.493. The number of aromatic nitrogens is 1. The molecule has 0 saturated carbocycles. The molecule has 0 spiro atoms. The number of phenolic OH excluding ortho intramolecular Hbond substituents is 1. The molecule has 1 heterocycles. The molecule has 0 radical (unpaired) electrons. The molecular formula is C17H14N4O4. The highest BCUT2D eigenvalue weighted by Crippen LogP contribution is 2.29. The second-order valence-corrected chi connectivity index (χ2v) is 5.34. The third kappa shape index (κ3) is 3.05. The quantitative estimate of drug-likeness (QED) is 0.385. The number of non-ortho nitro benzene ring substituents is 1. The van der Waals surface area contributed by atoms with E-state index in [0.29, 0.717) is 22.0 Å². The molecule has 126 valence electrons. The van der Waals surface area contributed by atoms with Crippen LogP contribution in [0.5, 0.6) is 5.75 Å². The van der Waals surface area contributed by atoms with Crippen molar-refractivity contribution in [2.24, 2.45) is 5.10 Å². The number of rotatable bonds is 4. The molecule has 3 N–H and O–H groups in total. The molecule has 2 aromatic carbocycles. The van der Waals surface area contributed by atoms with Crippen LogP contribution in [0.2, 0.25) is 0 Å². The number of nitrogens with one attached hydrogen (secondary N) is 2. The normalized spacial score (nSPS) is 11.1. The number of aryl methyl sites for hydroxylation is 1. The van der Waals surface area contributed by atoms with Crippen LogP contribution in [-0.2, 0) is 0 Å². The summed E-state index contributed by atoms with van der Waals surface area (Å²) in [5.41, 5.74) is 3.77. The maximum Gasteiger partial charge on any atom is 0.293 e. The van der Waals surface area contributed by atoms with Crippen molar-refractivity contribution in [3.63, 3.8) is 0 Å². The number of hydrazone groups is 1. The number of benzene rings is 2. The van der Waals surface area contributed by atoms with E-state index in [1.165, 1.54) is 18.3 Å². The second kappa shape index (κ2) is 6.44. The Morgan fingerprint density at radius 1 is 1.28 bits per heavy atom. The first-order chi connectivity index (χ1) is 12.0. The number of nitrogens with zero attached hydrogens (tertiary/aromatic N) is 2. The van der Waals surface area contributed by atoms with Crippen LogP contribution in [0.1, 0.15) is 21.6 Å². The molecule has 0 unspecified atom stereocenters. The second-order valence-electron chi connectivity index (χ2n) is 5.34. The summed E-state index contributed by atoms with van der Waals surface area (Å²) in [6.07, 6.45) is 1.31. The zero-order chi connectivity index (χ0) is 18.0. The van der Waals surface area contributed by atoms with Gasteiger partial charge < -0.3 is 10.1 Å². The zero-order valence-electron chi connectivity index (χ0n) is 13.2. The van der Waals surface area contributed by atoms with E-state index in [1.807, 2.05) is 0 Å². The Morgan fingerprint density at radius 2 is 2.04 bits per heavy atom. The summed E-state index contributed by atoms with van der Waals surface area (Å²) in [4.78, 5) is 25.7. The molecule has 25 heavy (non-hydrogen) atoms. The van der Waals surface area contributed by atoms with E-state index in [9.17, 15) is 20.0 Å². The zero-order valence-corrected chi connectivity index (χ0v) is 13.2. The van der Waals surface area contributed by atoms with Gasteiger partial charge in [0.15, 0.2) is 0 Å². The van der Waals surface area contributed by atoms with E-state index in [-0.39, 0.29) is 17.1 Å². The van der Waals surface area contributed by atoms with Crippen molar-refractivity contribution < 1.29 is 14.8 Å². The summed E-state index contributed by atoms with van der Waals surface area (Å²) < 4.78 is 0. The summed E-state index contributed by atoms with van der Waals surface area (Å²) in [6, 6.07) is 11.2. The highest BCUT2D eigenvalue weighted by molar-refractivity contribution is 6.03. The average Bonchev–Trinajstić information content (AvgIpc) is 2.93. The maximum atomic E-state index is 12.3. The van der Waals surface area contributed by atoms with Crippen LogP contribution >= 0.6 is 0 Å². The lowest BCUT2D eigenvalue weighted by Crippen LogP contribution is -2.19. The SMILES string of the molecule is Cc1c(C(=O)N/N=C/c2ccccc2O)[nH]c2c([N+](=O)[O-])cccc12. The number of carbonyl (C=O) groups excluding carboxylic acids is 1. The van der Waals surface area contributed by atoms with Crippen LogP contribution < -0.4 is 5.43 Å². The highest BCUT2D eigenvalue weighted by Gasteiger charge is 2.20. The largest absolute Gasteiger partial charge is 0.507 e. The summed E-state index contributed by atoms with van der Waals surface area (Å²) >= 11 is 0. The lowest BCUT2D eigenvalue weighted by atomic mass is 10.1. The van der Waals surface area contributed by atoms with Gasteiger partial charge in [-0.05, 0) is 24.6 Å². The average molecular weight is 338 g/mol. The number of para-hydroxylation sites is 2. The first-order valence-corrected chi connectivity index (χ1v) is 7.36. The van der Waals surface area contributed by atoms with Gasteiger partial charge in [-0.25, -0.2) is 5.43 Å². The van der Waals surface area contributed by atoms with Crippen LogP contribution in [0.4, 0.5) is 5.69 Å². The number of fused-ring (bicyclic) bond motifs is 1. The van der Waals surface area contributed by atoms with Gasteiger partial charge in [-0.2, -0.15) is 5.10 Å². The van der Waals surface area contributed by atoms with Gasteiger partial charge in [0.2, 0.25) is 0 Å². The van der Waals surface area contributed by atoms with Gasteiger partial charge in [-0.1, -0.05) is 24.3 Å². The van der Waals surface area contributed by atoms with E-state index in [2.05, 4.69) is 15.5 Å². The van der Waals surface area contributed by atoms with Crippen LogP contribution in [0.15, 0.2) is 47.6 Å². The minimum absolute atomic E-state index is 0.0397. The third-order valence-corrected chi connectivity index (χ3v) is 3.80. The van der Waals surface area contributed by atoms with Crippen molar-refractivity contribution in [3.8, 4) is 5.75 Å². The Balaban J connectivity index is 1.88. The number of amides is 1. The smallest absolute Gasteiger partial charge is 0.293 e. The van der Waals surface area contributed by atoms with Crippen molar-refractivity contribution in [3.05, 3.63) is 69.4 Å². The predicted octanol–water partition coefficient (Wildman–Crippen LogP) is 2.85. The number of aromatic hydroxyl groups is 1.